The van der Waals surface area contributed by atoms with Crippen molar-refractivity contribution >= 4 is 12.0 Å². The molecule has 3 N–H and O–H groups in total. The minimum absolute atomic E-state index is 0.00227. The van der Waals surface area contributed by atoms with Gasteiger partial charge in [-0.2, -0.15) is 0 Å². The third kappa shape index (κ3) is 5.06. The molecule has 110 valence electrons. The van der Waals surface area contributed by atoms with E-state index in [2.05, 4.69) is 5.32 Å². The molecule has 2 atom stereocenters. The van der Waals surface area contributed by atoms with Crippen LogP contribution in [0, 0.1) is 0 Å². The number of nitrogens with one attached hydrogen (secondary N) is 1. The third-order valence-corrected chi connectivity index (χ3v) is 2.93. The Morgan fingerprint density at radius 2 is 2.11 bits per heavy atom. The van der Waals surface area contributed by atoms with Gasteiger partial charge in [0.25, 0.3) is 0 Å². The van der Waals surface area contributed by atoms with Gasteiger partial charge >= 0.3 is 6.09 Å². The summed E-state index contributed by atoms with van der Waals surface area (Å²) >= 11 is 0. The molecule has 6 heteroatoms. The predicted octanol–water partition coefficient (Wildman–Crippen LogP) is 0.849. The zero-order chi connectivity index (χ0) is 14.6. The van der Waals surface area contributed by atoms with Gasteiger partial charge in [0.2, 0.25) is 5.91 Å². The fraction of sp³-hybridized carbons (Fsp3) is 0.846. The van der Waals surface area contributed by atoms with Gasteiger partial charge in [-0.1, -0.05) is 0 Å². The van der Waals surface area contributed by atoms with Gasteiger partial charge in [0.15, 0.2) is 0 Å². The number of nitrogens with two attached hydrogens (primary N) is 1. The topological polar surface area (TPSA) is 84.7 Å². The zero-order valence-electron chi connectivity index (χ0n) is 12.2. The van der Waals surface area contributed by atoms with Crippen LogP contribution in [0.2, 0.25) is 0 Å². The second kappa shape index (κ2) is 6.23. The summed E-state index contributed by atoms with van der Waals surface area (Å²) in [5.41, 5.74) is 4.98. The highest BCUT2D eigenvalue weighted by atomic mass is 16.6. The fourth-order valence-electron chi connectivity index (χ4n) is 1.99. The maximum Gasteiger partial charge on any atom is 0.410 e. The van der Waals surface area contributed by atoms with Crippen LogP contribution in [0.4, 0.5) is 4.79 Å². The Bertz CT molecular complexity index is 337. The zero-order valence-corrected chi connectivity index (χ0v) is 12.2. The monoisotopic (exact) mass is 271 g/mol. The van der Waals surface area contributed by atoms with Gasteiger partial charge in [-0.25, -0.2) is 4.79 Å². The highest BCUT2D eigenvalue weighted by Gasteiger charge is 2.32. The van der Waals surface area contributed by atoms with Crippen LogP contribution in [0.15, 0.2) is 0 Å². The predicted molar refractivity (Wildman–Crippen MR) is 72.6 cm³/mol. The number of amides is 2. The Morgan fingerprint density at radius 3 is 2.63 bits per heavy atom. The second-order valence-electron chi connectivity index (χ2n) is 6.00. The summed E-state index contributed by atoms with van der Waals surface area (Å²) in [5, 5.41) is 2.76. The number of hydrogen-bond donors (Lipinski definition) is 2. The van der Waals surface area contributed by atoms with Gasteiger partial charge in [0.05, 0.1) is 12.1 Å². The lowest BCUT2D eigenvalue weighted by Gasteiger charge is -2.28. The van der Waals surface area contributed by atoms with E-state index < -0.39 is 11.6 Å². The van der Waals surface area contributed by atoms with Gasteiger partial charge in [0, 0.05) is 13.1 Å². The molecule has 1 fully saturated rings. The average Bonchev–Trinajstić information content (AvgIpc) is 2.71. The number of carbonyl (C=O) groups excluding carboxylic acids is 2. The number of hydrogen-bond acceptors (Lipinski definition) is 4. The SMILES string of the molecule is C[C@H](N)C(=O)NC[C@H]1CCCN1C(=O)OC(C)(C)C. The standard InChI is InChI=1S/C13H25N3O3/c1-9(14)11(17)15-8-10-6-5-7-16(10)12(18)19-13(2,3)4/h9-10H,5-8,14H2,1-4H3,(H,15,17)/t9-,10+/m0/s1. The van der Waals surface area contributed by atoms with Gasteiger partial charge in [-0.15, -0.1) is 0 Å². The van der Waals surface area contributed by atoms with Crippen molar-refractivity contribution in [2.45, 2.75) is 58.2 Å². The van der Waals surface area contributed by atoms with Gasteiger partial charge in [-0.3, -0.25) is 4.79 Å². The number of ether oxygens (including phenoxy) is 1. The van der Waals surface area contributed by atoms with E-state index in [1.54, 1.807) is 11.8 Å². The highest BCUT2D eigenvalue weighted by Crippen LogP contribution is 2.20. The molecule has 0 aliphatic carbocycles. The van der Waals surface area contributed by atoms with Crippen LogP contribution in [0.3, 0.4) is 0 Å². The largest absolute Gasteiger partial charge is 0.444 e. The molecular weight excluding hydrogens is 246 g/mol. The third-order valence-electron chi connectivity index (χ3n) is 2.93. The quantitative estimate of drug-likeness (QED) is 0.797. The molecule has 19 heavy (non-hydrogen) atoms. The molecule has 0 aromatic rings. The molecule has 0 saturated carbocycles. The molecule has 1 heterocycles. The lowest BCUT2D eigenvalue weighted by molar-refractivity contribution is -0.122. The molecular formula is C13H25N3O3. The molecule has 0 aromatic carbocycles. The smallest absolute Gasteiger partial charge is 0.410 e. The van der Waals surface area contributed by atoms with Gasteiger partial charge in [-0.05, 0) is 40.5 Å². The molecule has 0 bridgehead atoms. The first-order chi connectivity index (χ1) is 8.70. The maximum absolute atomic E-state index is 12.0. The van der Waals surface area contributed by atoms with E-state index in [1.165, 1.54) is 0 Å². The van der Waals surface area contributed by atoms with Crippen molar-refractivity contribution in [1.82, 2.24) is 10.2 Å². The Morgan fingerprint density at radius 1 is 1.47 bits per heavy atom. The summed E-state index contributed by atoms with van der Waals surface area (Å²) in [6.45, 7) is 8.26. The number of carbonyl (C=O) groups is 2. The first kappa shape index (κ1) is 15.8. The first-order valence-corrected chi connectivity index (χ1v) is 6.73. The van der Waals surface area contributed by atoms with E-state index in [0.717, 1.165) is 12.8 Å². The van der Waals surface area contributed by atoms with Crippen molar-refractivity contribution in [1.29, 1.82) is 0 Å². The Kier molecular flexibility index (Phi) is 5.17. The second-order valence-corrected chi connectivity index (χ2v) is 6.00. The summed E-state index contributed by atoms with van der Waals surface area (Å²) in [6, 6.07) is -0.533. The summed E-state index contributed by atoms with van der Waals surface area (Å²) < 4.78 is 5.36. The van der Waals surface area contributed by atoms with Crippen molar-refractivity contribution in [2.75, 3.05) is 13.1 Å². The van der Waals surface area contributed by atoms with Gasteiger partial charge in [0.1, 0.15) is 5.60 Å². The maximum atomic E-state index is 12.0. The minimum Gasteiger partial charge on any atom is -0.444 e. The molecule has 0 spiro atoms. The highest BCUT2D eigenvalue weighted by molar-refractivity contribution is 5.81. The Balaban J connectivity index is 2.50. The van der Waals surface area contributed by atoms with Crippen molar-refractivity contribution < 1.29 is 14.3 Å². The van der Waals surface area contributed by atoms with Crippen LogP contribution in [0.25, 0.3) is 0 Å². The first-order valence-electron chi connectivity index (χ1n) is 6.73. The van der Waals surface area contributed by atoms with Crippen LogP contribution in [0.1, 0.15) is 40.5 Å². The van der Waals surface area contributed by atoms with E-state index >= 15 is 0 Å². The molecule has 1 aliphatic rings. The fourth-order valence-corrected chi connectivity index (χ4v) is 1.99. The van der Waals surface area contributed by atoms with Crippen molar-refractivity contribution in [2.24, 2.45) is 5.73 Å². The van der Waals surface area contributed by atoms with E-state index in [1.807, 2.05) is 20.8 Å². The van der Waals surface area contributed by atoms with Crippen LogP contribution >= 0.6 is 0 Å². The molecule has 2 amide bonds. The molecule has 0 unspecified atom stereocenters. The van der Waals surface area contributed by atoms with Crippen LogP contribution in [-0.4, -0.2) is 47.7 Å². The van der Waals surface area contributed by atoms with E-state index in [4.69, 9.17) is 10.5 Å². The summed E-state index contributed by atoms with van der Waals surface area (Å²) in [6.07, 6.45) is 1.49. The van der Waals surface area contributed by atoms with Crippen molar-refractivity contribution in [3.63, 3.8) is 0 Å². The molecule has 0 aromatic heterocycles. The molecule has 0 radical (unpaired) electrons. The molecule has 6 nitrogen and oxygen atoms in total. The lowest BCUT2D eigenvalue weighted by atomic mass is 10.2. The summed E-state index contributed by atoms with van der Waals surface area (Å²) in [7, 11) is 0. The minimum atomic E-state index is -0.531. The van der Waals surface area contributed by atoms with Crippen molar-refractivity contribution in [3.8, 4) is 0 Å². The van der Waals surface area contributed by atoms with Crippen LogP contribution in [-0.2, 0) is 9.53 Å². The molecule has 1 rings (SSSR count). The number of rotatable bonds is 3. The van der Waals surface area contributed by atoms with Gasteiger partial charge < -0.3 is 20.7 Å². The normalized spacial score (nSPS) is 21.1. The molecule has 1 saturated heterocycles. The molecule has 1 aliphatic heterocycles. The van der Waals surface area contributed by atoms with Crippen molar-refractivity contribution in [3.05, 3.63) is 0 Å². The van der Waals surface area contributed by atoms with E-state index in [-0.39, 0.29) is 18.0 Å². The summed E-state index contributed by atoms with van der Waals surface area (Å²) in [5.74, 6) is -0.198. The number of nitrogens with zero attached hydrogens (tertiary/aromatic N) is 1. The lowest BCUT2D eigenvalue weighted by Crippen LogP contribution is -2.47. The summed E-state index contributed by atoms with van der Waals surface area (Å²) in [4.78, 5) is 25.1. The number of likely N-dealkylation sites (tertiary alicyclic amines) is 1. The Hall–Kier alpha value is -1.30. The van der Waals surface area contributed by atoms with Crippen LogP contribution < -0.4 is 11.1 Å². The van der Waals surface area contributed by atoms with E-state index in [9.17, 15) is 9.59 Å². The Labute approximate surface area is 114 Å². The van der Waals surface area contributed by atoms with E-state index in [0.29, 0.717) is 13.1 Å². The van der Waals surface area contributed by atoms with Crippen LogP contribution in [0.5, 0.6) is 0 Å². The average molecular weight is 271 g/mol.